The largest absolute Gasteiger partial charge is 0.495 e. The van der Waals surface area contributed by atoms with Crippen molar-refractivity contribution >= 4 is 11.6 Å². The molecule has 0 heterocycles. The van der Waals surface area contributed by atoms with Crippen molar-refractivity contribution in [3.8, 4) is 5.75 Å². The molecule has 0 aromatic heterocycles. The van der Waals surface area contributed by atoms with Crippen LogP contribution in [0.25, 0.3) is 0 Å². The fourth-order valence-electron chi connectivity index (χ4n) is 0.924. The first-order valence-electron chi connectivity index (χ1n) is 3.62. The molecule has 1 rings (SSSR count). The average molecular weight is 189 g/mol. The lowest BCUT2D eigenvalue weighted by molar-refractivity contribution is 0.369. The predicted molar refractivity (Wildman–Crippen MR) is 47.5 cm³/mol. The Morgan fingerprint density at radius 1 is 1.50 bits per heavy atom. The lowest BCUT2D eigenvalue weighted by Crippen LogP contribution is -1.89. The van der Waals surface area contributed by atoms with E-state index >= 15 is 0 Å². The van der Waals surface area contributed by atoms with Gasteiger partial charge in [0, 0.05) is 0 Å². The molecule has 66 valence electrons. The molecule has 12 heavy (non-hydrogen) atoms. The van der Waals surface area contributed by atoms with Crippen LogP contribution in [-0.2, 0) is 0 Å². The van der Waals surface area contributed by atoms with E-state index in [9.17, 15) is 4.39 Å². The molecule has 0 N–H and O–H groups in total. The van der Waals surface area contributed by atoms with E-state index in [2.05, 4.69) is 0 Å². The average Bonchev–Trinajstić information content (AvgIpc) is 2.05. The second kappa shape index (κ2) is 3.76. The van der Waals surface area contributed by atoms with Gasteiger partial charge >= 0.3 is 0 Å². The van der Waals surface area contributed by atoms with Gasteiger partial charge in [-0.15, -0.1) is 0 Å². The Bertz CT molecular complexity index is 273. The maximum atomic E-state index is 12.8. The summed E-state index contributed by atoms with van der Waals surface area (Å²) in [4.78, 5) is 0. The minimum Gasteiger partial charge on any atom is -0.495 e. The molecular formula is C9H10ClFO. The van der Waals surface area contributed by atoms with Crippen LogP contribution in [0, 0.1) is 0 Å². The molecule has 1 aromatic rings. The van der Waals surface area contributed by atoms with Crippen molar-refractivity contribution in [2.45, 2.75) is 13.1 Å². The van der Waals surface area contributed by atoms with E-state index in [4.69, 9.17) is 16.3 Å². The summed E-state index contributed by atoms with van der Waals surface area (Å²) in [6.07, 6.45) is -0.990. The zero-order valence-corrected chi connectivity index (χ0v) is 7.73. The van der Waals surface area contributed by atoms with Crippen LogP contribution in [0.1, 0.15) is 18.7 Å². The van der Waals surface area contributed by atoms with E-state index < -0.39 is 6.17 Å². The van der Waals surface area contributed by atoms with E-state index in [0.29, 0.717) is 16.3 Å². The van der Waals surface area contributed by atoms with Crippen LogP contribution in [0.15, 0.2) is 18.2 Å². The van der Waals surface area contributed by atoms with Gasteiger partial charge in [0.05, 0.1) is 12.1 Å². The molecule has 0 aliphatic heterocycles. The van der Waals surface area contributed by atoms with Crippen LogP contribution < -0.4 is 4.74 Å². The van der Waals surface area contributed by atoms with Gasteiger partial charge < -0.3 is 4.74 Å². The fourth-order valence-corrected chi connectivity index (χ4v) is 1.12. The highest BCUT2D eigenvalue weighted by Crippen LogP contribution is 2.28. The monoisotopic (exact) mass is 188 g/mol. The zero-order chi connectivity index (χ0) is 9.14. The normalized spacial score (nSPS) is 12.7. The van der Waals surface area contributed by atoms with E-state index in [1.165, 1.54) is 14.0 Å². The van der Waals surface area contributed by atoms with E-state index in [-0.39, 0.29) is 0 Å². The Balaban J connectivity index is 3.05. The third kappa shape index (κ3) is 1.89. The Labute approximate surface area is 76.1 Å². The highest BCUT2D eigenvalue weighted by Gasteiger charge is 2.06. The third-order valence-electron chi connectivity index (χ3n) is 1.63. The number of alkyl halides is 1. The van der Waals surface area contributed by atoms with E-state index in [1.54, 1.807) is 18.2 Å². The van der Waals surface area contributed by atoms with E-state index in [0.717, 1.165) is 0 Å². The summed E-state index contributed by atoms with van der Waals surface area (Å²) in [5, 5.41) is 0.502. The third-order valence-corrected chi connectivity index (χ3v) is 1.95. The summed E-state index contributed by atoms with van der Waals surface area (Å²) in [6.45, 7) is 1.47. The summed E-state index contributed by atoms with van der Waals surface area (Å²) < 4.78 is 17.7. The van der Waals surface area contributed by atoms with Crippen LogP contribution in [0.5, 0.6) is 5.75 Å². The Kier molecular flexibility index (Phi) is 2.93. The molecule has 0 spiro atoms. The van der Waals surface area contributed by atoms with Crippen molar-refractivity contribution in [2.75, 3.05) is 7.11 Å². The van der Waals surface area contributed by atoms with E-state index in [1.807, 2.05) is 0 Å². The number of hydrogen-bond acceptors (Lipinski definition) is 1. The number of methoxy groups -OCH3 is 1. The van der Waals surface area contributed by atoms with Crippen molar-refractivity contribution in [3.63, 3.8) is 0 Å². The second-order valence-corrected chi connectivity index (χ2v) is 2.92. The first-order valence-corrected chi connectivity index (χ1v) is 4.00. The van der Waals surface area contributed by atoms with Crippen molar-refractivity contribution in [1.29, 1.82) is 0 Å². The molecule has 0 saturated carbocycles. The molecular weight excluding hydrogens is 179 g/mol. The van der Waals surface area contributed by atoms with Crippen molar-refractivity contribution in [1.82, 2.24) is 0 Å². The summed E-state index contributed by atoms with van der Waals surface area (Å²) in [5.41, 5.74) is 0.580. The predicted octanol–water partition coefficient (Wildman–Crippen LogP) is 3.38. The molecule has 1 aromatic carbocycles. The Morgan fingerprint density at radius 3 is 2.67 bits per heavy atom. The SMILES string of the molecule is COc1cc(C(C)F)ccc1Cl. The van der Waals surface area contributed by atoms with Crippen LogP contribution in [0.3, 0.4) is 0 Å². The zero-order valence-electron chi connectivity index (χ0n) is 6.97. The maximum absolute atomic E-state index is 12.8. The van der Waals surface area contributed by atoms with Gasteiger partial charge in [-0.1, -0.05) is 17.7 Å². The quantitative estimate of drug-likeness (QED) is 0.692. The second-order valence-electron chi connectivity index (χ2n) is 2.51. The molecule has 0 radical (unpaired) electrons. The molecule has 0 saturated heterocycles. The standard InChI is InChI=1S/C9H10ClFO/c1-6(11)7-3-4-8(10)9(5-7)12-2/h3-6H,1-2H3. The van der Waals surface area contributed by atoms with Crippen LogP contribution in [0.4, 0.5) is 4.39 Å². The molecule has 3 heteroatoms. The topological polar surface area (TPSA) is 9.23 Å². The fraction of sp³-hybridized carbons (Fsp3) is 0.333. The van der Waals surface area contributed by atoms with Crippen LogP contribution >= 0.6 is 11.6 Å². The number of halogens is 2. The van der Waals surface area contributed by atoms with Crippen LogP contribution in [-0.4, -0.2) is 7.11 Å². The Morgan fingerprint density at radius 2 is 2.17 bits per heavy atom. The highest BCUT2D eigenvalue weighted by atomic mass is 35.5. The van der Waals surface area contributed by atoms with Gasteiger partial charge in [0.1, 0.15) is 11.9 Å². The summed E-state index contributed by atoms with van der Waals surface area (Å²) in [7, 11) is 1.51. The first-order chi connectivity index (χ1) is 5.65. The Hall–Kier alpha value is -0.760. The number of rotatable bonds is 2. The summed E-state index contributed by atoms with van der Waals surface area (Å²) >= 11 is 5.75. The molecule has 0 fully saturated rings. The lowest BCUT2D eigenvalue weighted by atomic mass is 10.1. The highest BCUT2D eigenvalue weighted by molar-refractivity contribution is 6.32. The first kappa shape index (κ1) is 9.33. The van der Waals surface area contributed by atoms with Gasteiger partial charge in [-0.3, -0.25) is 0 Å². The smallest absolute Gasteiger partial charge is 0.137 e. The molecule has 0 aliphatic carbocycles. The minimum absolute atomic E-state index is 0.502. The molecule has 1 nitrogen and oxygen atoms in total. The number of benzene rings is 1. The van der Waals surface area contributed by atoms with Gasteiger partial charge in [-0.25, -0.2) is 4.39 Å². The number of ether oxygens (including phenoxy) is 1. The number of hydrogen-bond donors (Lipinski definition) is 0. The van der Waals surface area contributed by atoms with Gasteiger partial charge in [-0.05, 0) is 24.6 Å². The van der Waals surface area contributed by atoms with Gasteiger partial charge in [0.2, 0.25) is 0 Å². The maximum Gasteiger partial charge on any atom is 0.137 e. The summed E-state index contributed by atoms with van der Waals surface area (Å²) in [6, 6.07) is 4.88. The summed E-state index contributed by atoms with van der Waals surface area (Å²) in [5.74, 6) is 0.513. The van der Waals surface area contributed by atoms with Gasteiger partial charge in [-0.2, -0.15) is 0 Å². The van der Waals surface area contributed by atoms with Crippen LogP contribution in [0.2, 0.25) is 5.02 Å². The molecule has 1 unspecified atom stereocenters. The van der Waals surface area contributed by atoms with Crippen molar-refractivity contribution in [2.24, 2.45) is 0 Å². The molecule has 0 amide bonds. The van der Waals surface area contributed by atoms with Gasteiger partial charge in [0.25, 0.3) is 0 Å². The molecule has 0 aliphatic rings. The minimum atomic E-state index is -0.990. The lowest BCUT2D eigenvalue weighted by Gasteiger charge is -2.06. The van der Waals surface area contributed by atoms with Crippen molar-refractivity contribution < 1.29 is 9.13 Å². The van der Waals surface area contributed by atoms with Crippen molar-refractivity contribution in [3.05, 3.63) is 28.8 Å². The molecule has 0 bridgehead atoms. The van der Waals surface area contributed by atoms with Gasteiger partial charge in [0.15, 0.2) is 0 Å². The molecule has 1 atom stereocenters.